The summed E-state index contributed by atoms with van der Waals surface area (Å²) in [5, 5.41) is 10.1. The van der Waals surface area contributed by atoms with E-state index < -0.39 is 5.91 Å². The van der Waals surface area contributed by atoms with Crippen molar-refractivity contribution >= 4 is 23.2 Å². The molecule has 0 saturated carbocycles. The van der Waals surface area contributed by atoms with Gasteiger partial charge in [-0.05, 0) is 0 Å². The largest absolute Gasteiger partial charge is 0.366 e. The SMILES string of the molecule is Nc1n[nH]c(C(=O)NCc2csc(=O)[nH]2)n1. The normalized spacial score (nSPS) is 10.2. The monoisotopic (exact) mass is 240 g/mol. The predicted molar refractivity (Wildman–Crippen MR) is 56.9 cm³/mol. The number of nitrogens with one attached hydrogen (secondary N) is 3. The van der Waals surface area contributed by atoms with E-state index in [9.17, 15) is 9.59 Å². The third-order valence-corrected chi connectivity index (χ3v) is 2.45. The lowest BCUT2D eigenvalue weighted by molar-refractivity contribution is 0.0940. The molecular formula is C7H8N6O2S. The Labute approximate surface area is 92.9 Å². The lowest BCUT2D eigenvalue weighted by Gasteiger charge is -1.99. The van der Waals surface area contributed by atoms with Crippen molar-refractivity contribution in [3.63, 3.8) is 0 Å². The molecule has 0 atom stereocenters. The quantitative estimate of drug-likeness (QED) is 0.550. The van der Waals surface area contributed by atoms with Crippen molar-refractivity contribution in [2.24, 2.45) is 0 Å². The van der Waals surface area contributed by atoms with Crippen LogP contribution in [0, 0.1) is 0 Å². The van der Waals surface area contributed by atoms with Gasteiger partial charge in [0.2, 0.25) is 11.8 Å². The first-order valence-corrected chi connectivity index (χ1v) is 5.16. The molecule has 0 aromatic carbocycles. The summed E-state index contributed by atoms with van der Waals surface area (Å²) in [6.07, 6.45) is 0. The van der Waals surface area contributed by atoms with E-state index in [2.05, 4.69) is 25.5 Å². The third-order valence-electron chi connectivity index (χ3n) is 1.73. The molecule has 0 aliphatic heterocycles. The van der Waals surface area contributed by atoms with Crippen LogP contribution in [0.15, 0.2) is 10.2 Å². The Morgan fingerprint density at radius 3 is 3.00 bits per heavy atom. The molecule has 0 bridgehead atoms. The zero-order chi connectivity index (χ0) is 11.5. The highest BCUT2D eigenvalue weighted by atomic mass is 32.1. The second kappa shape index (κ2) is 4.14. The van der Waals surface area contributed by atoms with E-state index in [0.717, 1.165) is 11.3 Å². The van der Waals surface area contributed by atoms with Gasteiger partial charge in [-0.1, -0.05) is 11.3 Å². The van der Waals surface area contributed by atoms with Crippen molar-refractivity contribution in [3.8, 4) is 0 Å². The Hall–Kier alpha value is -2.16. The first kappa shape index (κ1) is 10.4. The standard InChI is InChI=1S/C7H8N6O2S/c8-6-11-4(12-13-6)5(14)9-1-3-2-16-7(15)10-3/h2H,1H2,(H,9,14)(H,10,15)(H3,8,11,12,13). The fourth-order valence-corrected chi connectivity index (χ4v) is 1.62. The molecule has 2 rings (SSSR count). The van der Waals surface area contributed by atoms with E-state index in [-0.39, 0.29) is 23.2 Å². The molecule has 8 nitrogen and oxygen atoms in total. The number of aromatic nitrogens is 4. The number of carbonyl (C=O) groups excluding carboxylic acids is 1. The van der Waals surface area contributed by atoms with E-state index in [4.69, 9.17) is 5.73 Å². The summed E-state index contributed by atoms with van der Waals surface area (Å²) in [5.41, 5.74) is 5.88. The van der Waals surface area contributed by atoms with Crippen LogP contribution in [0.1, 0.15) is 16.3 Å². The summed E-state index contributed by atoms with van der Waals surface area (Å²) < 4.78 is 0. The average Bonchev–Trinajstić information content (AvgIpc) is 2.84. The van der Waals surface area contributed by atoms with Gasteiger partial charge in [0.15, 0.2) is 0 Å². The van der Waals surface area contributed by atoms with Gasteiger partial charge in [-0.25, -0.2) is 0 Å². The molecule has 0 unspecified atom stereocenters. The Bertz CT molecular complexity index is 555. The van der Waals surface area contributed by atoms with Crippen LogP contribution in [0.4, 0.5) is 5.95 Å². The van der Waals surface area contributed by atoms with Crippen LogP contribution in [-0.2, 0) is 6.54 Å². The maximum atomic E-state index is 11.4. The topological polar surface area (TPSA) is 130 Å². The zero-order valence-electron chi connectivity index (χ0n) is 7.98. The van der Waals surface area contributed by atoms with Gasteiger partial charge in [-0.2, -0.15) is 4.98 Å². The minimum atomic E-state index is -0.434. The molecule has 16 heavy (non-hydrogen) atoms. The summed E-state index contributed by atoms with van der Waals surface area (Å²) in [6.45, 7) is 0.220. The molecule has 2 heterocycles. The lowest BCUT2D eigenvalue weighted by atomic mass is 10.4. The number of aromatic amines is 2. The number of carbonyl (C=O) groups is 1. The summed E-state index contributed by atoms with van der Waals surface area (Å²) in [4.78, 5) is 28.3. The predicted octanol–water partition coefficient (Wildman–Crippen LogP) is -0.933. The maximum Gasteiger partial charge on any atom is 0.304 e. The summed E-state index contributed by atoms with van der Waals surface area (Å²) in [7, 11) is 0. The molecule has 84 valence electrons. The number of rotatable bonds is 3. The van der Waals surface area contributed by atoms with Crippen LogP contribution in [0.3, 0.4) is 0 Å². The highest BCUT2D eigenvalue weighted by Crippen LogP contribution is 1.96. The second-order valence-corrected chi connectivity index (χ2v) is 3.74. The summed E-state index contributed by atoms with van der Waals surface area (Å²) in [6, 6.07) is 0. The molecule has 2 aromatic heterocycles. The summed E-state index contributed by atoms with van der Waals surface area (Å²) >= 11 is 1.04. The minimum Gasteiger partial charge on any atom is -0.366 e. The smallest absolute Gasteiger partial charge is 0.304 e. The molecule has 0 spiro atoms. The molecule has 2 aromatic rings. The van der Waals surface area contributed by atoms with Crippen molar-refractivity contribution in [3.05, 3.63) is 26.6 Å². The van der Waals surface area contributed by atoms with Crippen LogP contribution < -0.4 is 15.9 Å². The summed E-state index contributed by atoms with van der Waals surface area (Å²) in [5.74, 6) is -0.389. The van der Waals surface area contributed by atoms with Gasteiger partial charge in [0, 0.05) is 11.1 Å². The second-order valence-electron chi connectivity index (χ2n) is 2.90. The number of nitrogens with zero attached hydrogens (tertiary/aromatic N) is 2. The van der Waals surface area contributed by atoms with E-state index in [0.29, 0.717) is 5.69 Å². The molecule has 0 aliphatic carbocycles. The van der Waals surface area contributed by atoms with Gasteiger partial charge in [0.25, 0.3) is 5.91 Å². The molecule has 0 aliphatic rings. The average molecular weight is 240 g/mol. The number of H-pyrrole nitrogens is 2. The van der Waals surface area contributed by atoms with Gasteiger partial charge < -0.3 is 16.0 Å². The Balaban J connectivity index is 1.96. The molecule has 5 N–H and O–H groups in total. The number of anilines is 1. The number of thiazole rings is 1. The number of nitrogens with two attached hydrogens (primary N) is 1. The number of nitrogen functional groups attached to an aromatic ring is 1. The first-order valence-electron chi connectivity index (χ1n) is 4.28. The fourth-order valence-electron chi connectivity index (χ4n) is 1.04. The van der Waals surface area contributed by atoms with E-state index in [1.807, 2.05) is 0 Å². The Morgan fingerprint density at radius 2 is 2.44 bits per heavy atom. The molecule has 0 radical (unpaired) electrons. The Morgan fingerprint density at radius 1 is 1.62 bits per heavy atom. The van der Waals surface area contributed by atoms with Gasteiger partial charge in [0.05, 0.1) is 6.54 Å². The number of hydrogen-bond donors (Lipinski definition) is 4. The van der Waals surface area contributed by atoms with Crippen molar-refractivity contribution in [2.75, 3.05) is 5.73 Å². The van der Waals surface area contributed by atoms with Crippen LogP contribution >= 0.6 is 11.3 Å². The van der Waals surface area contributed by atoms with Crippen LogP contribution in [-0.4, -0.2) is 26.1 Å². The van der Waals surface area contributed by atoms with E-state index in [1.54, 1.807) is 5.38 Å². The molecule has 0 fully saturated rings. The van der Waals surface area contributed by atoms with E-state index in [1.165, 1.54) is 0 Å². The Kier molecular flexibility index (Phi) is 2.68. The van der Waals surface area contributed by atoms with Gasteiger partial charge in [0.1, 0.15) is 0 Å². The first-order chi connectivity index (χ1) is 7.65. The van der Waals surface area contributed by atoms with Gasteiger partial charge >= 0.3 is 4.87 Å². The molecule has 9 heteroatoms. The maximum absolute atomic E-state index is 11.4. The number of hydrogen-bond acceptors (Lipinski definition) is 6. The highest BCUT2D eigenvalue weighted by molar-refractivity contribution is 7.07. The minimum absolute atomic E-state index is 0.00842. The van der Waals surface area contributed by atoms with Gasteiger partial charge in [-0.15, -0.1) is 5.10 Å². The van der Waals surface area contributed by atoms with Crippen molar-refractivity contribution in [1.29, 1.82) is 0 Å². The van der Waals surface area contributed by atoms with Crippen LogP contribution in [0.25, 0.3) is 0 Å². The van der Waals surface area contributed by atoms with Crippen molar-refractivity contribution in [2.45, 2.75) is 6.54 Å². The third kappa shape index (κ3) is 2.25. The molecular weight excluding hydrogens is 232 g/mol. The molecule has 0 saturated heterocycles. The fraction of sp³-hybridized carbons (Fsp3) is 0.143. The zero-order valence-corrected chi connectivity index (χ0v) is 8.80. The number of amides is 1. The van der Waals surface area contributed by atoms with Crippen LogP contribution in [0.5, 0.6) is 0 Å². The lowest BCUT2D eigenvalue weighted by Crippen LogP contribution is -2.24. The molecule has 1 amide bonds. The van der Waals surface area contributed by atoms with Crippen molar-refractivity contribution in [1.82, 2.24) is 25.5 Å². The van der Waals surface area contributed by atoms with Crippen molar-refractivity contribution < 1.29 is 4.79 Å². The van der Waals surface area contributed by atoms with E-state index >= 15 is 0 Å². The van der Waals surface area contributed by atoms with Crippen LogP contribution in [0.2, 0.25) is 0 Å². The highest BCUT2D eigenvalue weighted by Gasteiger charge is 2.10. The van der Waals surface area contributed by atoms with Gasteiger partial charge in [-0.3, -0.25) is 14.7 Å².